The van der Waals surface area contributed by atoms with Crippen molar-refractivity contribution in [2.24, 2.45) is 0 Å². The zero-order chi connectivity index (χ0) is 15.6. The number of carbonyl (C=O) groups is 1. The van der Waals surface area contributed by atoms with Gasteiger partial charge in [-0.15, -0.1) is 0 Å². The zero-order valence-corrected chi connectivity index (χ0v) is 11.6. The molecule has 0 saturated heterocycles. The molecule has 2 rings (SSSR count). The first-order valence-corrected chi connectivity index (χ1v) is 6.28. The molecule has 2 aromatic carbocycles. The Kier molecular flexibility index (Phi) is 4.18. The third kappa shape index (κ3) is 3.17. The summed E-state index contributed by atoms with van der Waals surface area (Å²) in [7, 11) is 0. The first kappa shape index (κ1) is 14.9. The number of aryl methyl sites for hydroxylation is 1. The molecule has 0 heterocycles. The van der Waals surface area contributed by atoms with E-state index >= 15 is 0 Å². The first-order chi connectivity index (χ1) is 9.90. The second kappa shape index (κ2) is 5.88. The molecule has 5 nitrogen and oxygen atoms in total. The number of nitrogens with one attached hydrogen (secondary N) is 1. The lowest BCUT2D eigenvalue weighted by Crippen LogP contribution is -2.14. The fraction of sp³-hybridized carbons (Fsp3) is 0.0714. The molecule has 0 spiro atoms. The van der Waals surface area contributed by atoms with Crippen molar-refractivity contribution in [2.45, 2.75) is 6.92 Å². The first-order valence-electron chi connectivity index (χ1n) is 5.90. The van der Waals surface area contributed by atoms with E-state index < -0.39 is 16.6 Å². The van der Waals surface area contributed by atoms with Crippen molar-refractivity contribution >= 4 is 28.9 Å². The van der Waals surface area contributed by atoms with Crippen LogP contribution in [0.5, 0.6) is 0 Å². The van der Waals surface area contributed by atoms with Gasteiger partial charge in [0.25, 0.3) is 11.6 Å². The van der Waals surface area contributed by atoms with E-state index in [-0.39, 0.29) is 22.0 Å². The monoisotopic (exact) mass is 308 g/mol. The fourth-order valence-electron chi connectivity index (χ4n) is 1.74. The summed E-state index contributed by atoms with van der Waals surface area (Å²) in [4.78, 5) is 22.1. The van der Waals surface area contributed by atoms with Crippen molar-refractivity contribution in [1.82, 2.24) is 0 Å². The molecule has 0 aliphatic heterocycles. The number of non-ortho nitro benzene ring substituents is 1. The number of rotatable bonds is 3. The molecule has 1 N–H and O–H groups in total. The lowest BCUT2D eigenvalue weighted by atomic mass is 10.1. The standard InChI is InChI=1S/C14H10ClFN2O3/c1-8-3-2-4-10(13(8)16)14(19)17-12-7-9(18(20)21)5-6-11(12)15/h2-7H,1H3,(H,17,19). The molecule has 2 aromatic rings. The molecule has 0 aliphatic rings. The number of hydrogen-bond acceptors (Lipinski definition) is 3. The van der Waals surface area contributed by atoms with E-state index in [1.54, 1.807) is 6.07 Å². The Labute approximate surface area is 124 Å². The van der Waals surface area contributed by atoms with Crippen LogP contribution in [-0.4, -0.2) is 10.8 Å². The normalized spacial score (nSPS) is 10.2. The molecule has 0 aliphatic carbocycles. The highest BCUT2D eigenvalue weighted by atomic mass is 35.5. The van der Waals surface area contributed by atoms with Gasteiger partial charge in [0.2, 0.25) is 0 Å². The third-order valence-electron chi connectivity index (χ3n) is 2.85. The summed E-state index contributed by atoms with van der Waals surface area (Å²) in [6, 6.07) is 8.03. The van der Waals surface area contributed by atoms with Gasteiger partial charge >= 0.3 is 0 Å². The highest BCUT2D eigenvalue weighted by molar-refractivity contribution is 6.34. The van der Waals surface area contributed by atoms with E-state index in [1.165, 1.54) is 31.2 Å². The molecule has 7 heteroatoms. The topological polar surface area (TPSA) is 72.2 Å². The minimum absolute atomic E-state index is 0.0526. The van der Waals surface area contributed by atoms with Gasteiger partial charge in [-0.3, -0.25) is 14.9 Å². The van der Waals surface area contributed by atoms with E-state index in [0.29, 0.717) is 5.56 Å². The Morgan fingerprint density at radius 1 is 1.33 bits per heavy atom. The minimum atomic E-state index is -0.724. The molecule has 0 bridgehead atoms. The van der Waals surface area contributed by atoms with Crippen molar-refractivity contribution in [3.05, 3.63) is 68.5 Å². The van der Waals surface area contributed by atoms with Crippen LogP contribution in [-0.2, 0) is 0 Å². The number of nitro benzene ring substituents is 1. The molecular formula is C14H10ClFN2O3. The molecular weight excluding hydrogens is 299 g/mol. The Balaban J connectivity index is 2.33. The summed E-state index contributed by atoms with van der Waals surface area (Å²) in [5.41, 5.74) is 0.00143. The van der Waals surface area contributed by atoms with E-state index in [1.807, 2.05) is 0 Å². The lowest BCUT2D eigenvalue weighted by Gasteiger charge is -2.08. The van der Waals surface area contributed by atoms with Crippen LogP contribution in [0, 0.1) is 22.9 Å². The van der Waals surface area contributed by atoms with Crippen molar-refractivity contribution in [1.29, 1.82) is 0 Å². The summed E-state index contributed by atoms with van der Waals surface area (Å²) in [5.74, 6) is -1.37. The van der Waals surface area contributed by atoms with Crippen LogP contribution >= 0.6 is 11.6 Å². The second-order valence-electron chi connectivity index (χ2n) is 4.31. The van der Waals surface area contributed by atoms with Gasteiger partial charge in [0.05, 0.1) is 21.2 Å². The van der Waals surface area contributed by atoms with Crippen LogP contribution in [0.15, 0.2) is 36.4 Å². The third-order valence-corrected chi connectivity index (χ3v) is 3.17. The zero-order valence-electron chi connectivity index (χ0n) is 10.9. The SMILES string of the molecule is Cc1cccc(C(=O)Nc2cc([N+](=O)[O-])ccc2Cl)c1F. The van der Waals surface area contributed by atoms with Gasteiger partial charge in [0, 0.05) is 12.1 Å². The van der Waals surface area contributed by atoms with Gasteiger partial charge in [-0.1, -0.05) is 23.7 Å². The average Bonchev–Trinajstić information content (AvgIpc) is 2.43. The van der Waals surface area contributed by atoms with Gasteiger partial charge in [-0.05, 0) is 24.6 Å². The van der Waals surface area contributed by atoms with Gasteiger partial charge in [-0.25, -0.2) is 4.39 Å². The molecule has 21 heavy (non-hydrogen) atoms. The number of amides is 1. The largest absolute Gasteiger partial charge is 0.320 e. The van der Waals surface area contributed by atoms with Gasteiger partial charge in [0.15, 0.2) is 0 Å². The predicted molar refractivity (Wildman–Crippen MR) is 77.2 cm³/mol. The molecule has 1 amide bonds. The Bertz CT molecular complexity index is 734. The van der Waals surface area contributed by atoms with Crippen molar-refractivity contribution in [3.63, 3.8) is 0 Å². The predicted octanol–water partition coefficient (Wildman–Crippen LogP) is 3.95. The molecule has 0 atom stereocenters. The minimum Gasteiger partial charge on any atom is -0.320 e. The average molecular weight is 309 g/mol. The van der Waals surface area contributed by atoms with E-state index in [2.05, 4.69) is 5.32 Å². The van der Waals surface area contributed by atoms with Crippen LogP contribution in [0.2, 0.25) is 5.02 Å². The quantitative estimate of drug-likeness (QED) is 0.689. The number of nitrogens with zero attached hydrogens (tertiary/aromatic N) is 1. The molecule has 0 fully saturated rings. The van der Waals surface area contributed by atoms with Crippen LogP contribution in [0.1, 0.15) is 15.9 Å². The number of hydrogen-bond donors (Lipinski definition) is 1. The number of nitro groups is 1. The highest BCUT2D eigenvalue weighted by Gasteiger charge is 2.16. The number of benzene rings is 2. The van der Waals surface area contributed by atoms with Crippen molar-refractivity contribution < 1.29 is 14.1 Å². The summed E-state index contributed by atoms with van der Waals surface area (Å²) < 4.78 is 13.9. The van der Waals surface area contributed by atoms with Crippen LogP contribution < -0.4 is 5.32 Å². The summed E-state index contributed by atoms with van der Waals surface area (Å²) in [6.45, 7) is 1.53. The molecule has 0 aromatic heterocycles. The van der Waals surface area contributed by atoms with E-state index in [4.69, 9.17) is 11.6 Å². The molecule has 0 radical (unpaired) electrons. The van der Waals surface area contributed by atoms with Crippen LogP contribution in [0.25, 0.3) is 0 Å². The maximum Gasteiger partial charge on any atom is 0.271 e. The van der Waals surface area contributed by atoms with Crippen molar-refractivity contribution in [2.75, 3.05) is 5.32 Å². The second-order valence-corrected chi connectivity index (χ2v) is 4.72. The lowest BCUT2D eigenvalue weighted by molar-refractivity contribution is -0.384. The number of anilines is 1. The Hall–Kier alpha value is -2.47. The van der Waals surface area contributed by atoms with Gasteiger partial charge in [-0.2, -0.15) is 0 Å². The van der Waals surface area contributed by atoms with E-state index in [9.17, 15) is 19.3 Å². The smallest absolute Gasteiger partial charge is 0.271 e. The van der Waals surface area contributed by atoms with E-state index in [0.717, 1.165) is 6.07 Å². The highest BCUT2D eigenvalue weighted by Crippen LogP contribution is 2.27. The maximum absolute atomic E-state index is 13.9. The van der Waals surface area contributed by atoms with Gasteiger partial charge < -0.3 is 5.32 Å². The Morgan fingerprint density at radius 2 is 2.05 bits per heavy atom. The fourth-order valence-corrected chi connectivity index (χ4v) is 1.90. The van der Waals surface area contributed by atoms with Gasteiger partial charge in [0.1, 0.15) is 5.82 Å². The summed E-state index contributed by atoms with van der Waals surface area (Å²) in [5, 5.41) is 13.2. The molecule has 0 unspecified atom stereocenters. The maximum atomic E-state index is 13.9. The molecule has 0 saturated carbocycles. The number of carbonyl (C=O) groups excluding carboxylic acids is 1. The summed E-state index contributed by atoms with van der Waals surface area (Å²) >= 11 is 5.87. The molecule has 108 valence electrons. The Morgan fingerprint density at radius 3 is 2.71 bits per heavy atom. The number of halogens is 2. The van der Waals surface area contributed by atoms with Crippen molar-refractivity contribution in [3.8, 4) is 0 Å². The summed E-state index contributed by atoms with van der Waals surface area (Å²) in [6.07, 6.45) is 0. The van der Waals surface area contributed by atoms with Crippen LogP contribution in [0.4, 0.5) is 15.8 Å². The van der Waals surface area contributed by atoms with Crippen LogP contribution in [0.3, 0.4) is 0 Å².